The molecule has 3 heteroatoms. The first kappa shape index (κ1) is 9.66. The van der Waals surface area contributed by atoms with Gasteiger partial charge in [-0.05, 0) is 25.2 Å². The van der Waals surface area contributed by atoms with Crippen molar-refractivity contribution in [3.05, 3.63) is 0 Å². The van der Waals surface area contributed by atoms with Crippen molar-refractivity contribution in [1.82, 2.24) is 5.32 Å². The van der Waals surface area contributed by atoms with Gasteiger partial charge >= 0.3 is 0 Å². The summed E-state index contributed by atoms with van der Waals surface area (Å²) in [6.45, 7) is 6.72. The minimum Gasteiger partial charge on any atom is -0.309 e. The van der Waals surface area contributed by atoms with Gasteiger partial charge in [0.2, 0.25) is 0 Å². The van der Waals surface area contributed by atoms with Crippen LogP contribution >= 0.6 is 0 Å². The molecule has 1 N–H and O–H groups in total. The van der Waals surface area contributed by atoms with Crippen molar-refractivity contribution in [2.24, 2.45) is 5.41 Å². The van der Waals surface area contributed by atoms with Gasteiger partial charge in [0, 0.05) is 28.6 Å². The predicted molar refractivity (Wildman–Crippen MR) is 56.2 cm³/mol. The van der Waals surface area contributed by atoms with E-state index in [2.05, 4.69) is 26.1 Å². The van der Waals surface area contributed by atoms with Crippen LogP contribution in [-0.4, -0.2) is 27.3 Å². The van der Waals surface area contributed by atoms with Crippen molar-refractivity contribution in [2.75, 3.05) is 5.75 Å². The fraction of sp³-hybridized carbons (Fsp3) is 1.00. The van der Waals surface area contributed by atoms with E-state index in [4.69, 9.17) is 0 Å². The molecule has 1 aliphatic heterocycles. The third-order valence-electron chi connectivity index (χ3n) is 3.50. The average molecular weight is 201 g/mol. The van der Waals surface area contributed by atoms with E-state index in [9.17, 15) is 4.21 Å². The summed E-state index contributed by atoms with van der Waals surface area (Å²) < 4.78 is 11.8. The molecule has 13 heavy (non-hydrogen) atoms. The molecule has 2 aliphatic rings. The molecular weight excluding hydrogens is 182 g/mol. The highest BCUT2D eigenvalue weighted by atomic mass is 32.2. The van der Waals surface area contributed by atoms with Crippen LogP contribution in [0.25, 0.3) is 0 Å². The van der Waals surface area contributed by atoms with Crippen LogP contribution in [0.3, 0.4) is 0 Å². The first-order valence-corrected chi connectivity index (χ1v) is 6.52. The molecule has 4 atom stereocenters. The van der Waals surface area contributed by atoms with Crippen molar-refractivity contribution < 1.29 is 4.21 Å². The van der Waals surface area contributed by atoms with Crippen molar-refractivity contribution in [2.45, 2.75) is 50.9 Å². The Morgan fingerprint density at radius 1 is 1.46 bits per heavy atom. The van der Waals surface area contributed by atoms with Gasteiger partial charge in [0.05, 0.1) is 5.25 Å². The molecule has 0 spiro atoms. The second-order valence-electron chi connectivity index (χ2n) is 5.16. The highest BCUT2D eigenvalue weighted by Crippen LogP contribution is 2.41. The Hall–Kier alpha value is 0.110. The van der Waals surface area contributed by atoms with Crippen LogP contribution in [0.5, 0.6) is 0 Å². The number of nitrogens with one attached hydrogen (secondary N) is 1. The van der Waals surface area contributed by atoms with Gasteiger partial charge in [0.25, 0.3) is 0 Å². The Morgan fingerprint density at radius 3 is 2.85 bits per heavy atom. The van der Waals surface area contributed by atoms with Crippen molar-refractivity contribution in [3.8, 4) is 0 Å². The Labute approximate surface area is 82.9 Å². The molecule has 0 aromatic heterocycles. The summed E-state index contributed by atoms with van der Waals surface area (Å²) in [6.07, 6.45) is 2.36. The van der Waals surface area contributed by atoms with Crippen LogP contribution in [-0.2, 0) is 10.8 Å². The van der Waals surface area contributed by atoms with E-state index in [1.165, 1.54) is 6.42 Å². The van der Waals surface area contributed by atoms with Crippen molar-refractivity contribution in [1.29, 1.82) is 0 Å². The minimum atomic E-state index is -0.585. The normalized spacial score (nSPS) is 48.8. The van der Waals surface area contributed by atoms with Crippen LogP contribution in [0, 0.1) is 5.41 Å². The topological polar surface area (TPSA) is 29.1 Å². The molecule has 1 aliphatic carbocycles. The van der Waals surface area contributed by atoms with E-state index in [0.717, 1.165) is 12.2 Å². The fourth-order valence-electron chi connectivity index (χ4n) is 2.68. The summed E-state index contributed by atoms with van der Waals surface area (Å²) in [5, 5.41) is 4.03. The van der Waals surface area contributed by atoms with Crippen LogP contribution < -0.4 is 5.32 Å². The van der Waals surface area contributed by atoms with Gasteiger partial charge < -0.3 is 5.32 Å². The van der Waals surface area contributed by atoms with E-state index >= 15 is 0 Å². The summed E-state index contributed by atoms with van der Waals surface area (Å²) in [6, 6.07) is 0.913. The van der Waals surface area contributed by atoms with Crippen molar-refractivity contribution in [3.63, 3.8) is 0 Å². The molecule has 1 heterocycles. The molecule has 2 fully saturated rings. The van der Waals surface area contributed by atoms with E-state index in [1.54, 1.807) is 0 Å². The summed E-state index contributed by atoms with van der Waals surface area (Å²) in [5.41, 5.74) is 0.342. The van der Waals surface area contributed by atoms with Gasteiger partial charge in [0.15, 0.2) is 0 Å². The zero-order valence-electron chi connectivity index (χ0n) is 8.67. The predicted octanol–water partition coefficient (Wildman–Crippen LogP) is 1.28. The SMILES string of the molecule is CC1CS(=O)C2CCC(C)(C)C2N1. The highest BCUT2D eigenvalue weighted by Gasteiger charge is 2.47. The molecule has 0 bridgehead atoms. The second-order valence-corrected chi connectivity index (χ2v) is 6.86. The maximum Gasteiger partial charge on any atom is 0.0507 e. The number of fused-ring (bicyclic) bond motifs is 1. The molecule has 0 radical (unpaired) electrons. The summed E-state index contributed by atoms with van der Waals surface area (Å²) >= 11 is 0. The molecule has 0 amide bonds. The first-order chi connectivity index (χ1) is 6.00. The Balaban J connectivity index is 2.21. The second kappa shape index (κ2) is 3.06. The van der Waals surface area contributed by atoms with Gasteiger partial charge in [-0.2, -0.15) is 0 Å². The van der Waals surface area contributed by atoms with Gasteiger partial charge in [-0.1, -0.05) is 13.8 Å². The van der Waals surface area contributed by atoms with Gasteiger partial charge in [-0.25, -0.2) is 0 Å². The summed E-state index contributed by atoms with van der Waals surface area (Å²) in [7, 11) is -0.585. The van der Waals surface area contributed by atoms with Crippen LogP contribution in [0.4, 0.5) is 0 Å². The van der Waals surface area contributed by atoms with Gasteiger partial charge in [0.1, 0.15) is 0 Å². The summed E-state index contributed by atoms with van der Waals surface area (Å²) in [5.74, 6) is 0.844. The number of hydrogen-bond acceptors (Lipinski definition) is 2. The smallest absolute Gasteiger partial charge is 0.0507 e. The fourth-order valence-corrected chi connectivity index (χ4v) is 4.65. The van der Waals surface area contributed by atoms with E-state index in [1.807, 2.05) is 0 Å². The maximum absolute atomic E-state index is 11.8. The number of rotatable bonds is 0. The summed E-state index contributed by atoms with van der Waals surface area (Å²) in [4.78, 5) is 0. The Kier molecular flexibility index (Phi) is 2.27. The standard InChI is InChI=1S/C10H19NOS/c1-7-6-13(12)8-4-5-10(2,3)9(8)11-7/h7-9,11H,4-6H2,1-3H3. The molecule has 0 aromatic rings. The highest BCUT2D eigenvalue weighted by molar-refractivity contribution is 7.85. The maximum atomic E-state index is 11.8. The lowest BCUT2D eigenvalue weighted by atomic mass is 9.87. The zero-order chi connectivity index (χ0) is 9.64. The van der Waals surface area contributed by atoms with E-state index in [0.29, 0.717) is 22.7 Å². The molecule has 76 valence electrons. The van der Waals surface area contributed by atoms with E-state index in [-0.39, 0.29) is 0 Å². The van der Waals surface area contributed by atoms with Crippen LogP contribution in [0.1, 0.15) is 33.6 Å². The van der Waals surface area contributed by atoms with Crippen LogP contribution in [0.2, 0.25) is 0 Å². The van der Waals surface area contributed by atoms with E-state index < -0.39 is 10.8 Å². The largest absolute Gasteiger partial charge is 0.309 e. The number of hydrogen-bond donors (Lipinski definition) is 1. The zero-order valence-corrected chi connectivity index (χ0v) is 9.49. The molecular formula is C10H19NOS. The Bertz CT molecular complexity index is 239. The minimum absolute atomic E-state index is 0.342. The lowest BCUT2D eigenvalue weighted by Gasteiger charge is -2.37. The quantitative estimate of drug-likeness (QED) is 0.640. The lowest BCUT2D eigenvalue weighted by Crippen LogP contribution is -2.56. The molecule has 1 saturated heterocycles. The molecule has 2 rings (SSSR count). The molecule has 1 saturated carbocycles. The average Bonchev–Trinajstić information content (AvgIpc) is 2.28. The first-order valence-electron chi connectivity index (χ1n) is 5.14. The molecule has 4 unspecified atom stereocenters. The molecule has 0 aromatic carbocycles. The van der Waals surface area contributed by atoms with Gasteiger partial charge in [-0.15, -0.1) is 0 Å². The molecule has 2 nitrogen and oxygen atoms in total. The third kappa shape index (κ3) is 1.57. The van der Waals surface area contributed by atoms with Crippen molar-refractivity contribution >= 4 is 10.8 Å². The van der Waals surface area contributed by atoms with Gasteiger partial charge in [-0.3, -0.25) is 4.21 Å². The lowest BCUT2D eigenvalue weighted by molar-refractivity contribution is 0.266. The van der Waals surface area contributed by atoms with Crippen LogP contribution in [0.15, 0.2) is 0 Å². The Morgan fingerprint density at radius 2 is 2.15 bits per heavy atom. The monoisotopic (exact) mass is 201 g/mol. The third-order valence-corrected chi connectivity index (χ3v) is 5.51.